The van der Waals surface area contributed by atoms with E-state index in [4.69, 9.17) is 0 Å². The summed E-state index contributed by atoms with van der Waals surface area (Å²) in [6.07, 6.45) is 10.1. The van der Waals surface area contributed by atoms with Crippen molar-refractivity contribution < 1.29 is 9.59 Å². The number of fused-ring (bicyclic) bond motifs is 1. The van der Waals surface area contributed by atoms with Gasteiger partial charge in [0.05, 0.1) is 5.92 Å². The highest BCUT2D eigenvalue weighted by Crippen LogP contribution is 2.26. The number of benzene rings is 1. The van der Waals surface area contributed by atoms with Crippen molar-refractivity contribution in [1.29, 1.82) is 0 Å². The Hall–Kier alpha value is -2.73. The van der Waals surface area contributed by atoms with Crippen LogP contribution in [0.4, 0.5) is 0 Å². The monoisotopic (exact) mass is 448 g/mol. The highest BCUT2D eigenvalue weighted by atomic mass is 16.2. The molecule has 2 aliphatic heterocycles. The number of aromatic nitrogens is 1. The van der Waals surface area contributed by atoms with E-state index in [2.05, 4.69) is 27.3 Å². The number of hydrogen-bond acceptors (Lipinski definition) is 4. The molecule has 2 atom stereocenters. The Bertz CT molecular complexity index is 890. The molecule has 6 nitrogen and oxygen atoms in total. The number of hydrogen-bond donors (Lipinski definition) is 1. The quantitative estimate of drug-likeness (QED) is 0.761. The molecule has 6 heteroatoms. The summed E-state index contributed by atoms with van der Waals surface area (Å²) in [5, 5.41) is 3.18. The van der Waals surface area contributed by atoms with Gasteiger partial charge in [-0.3, -0.25) is 19.5 Å². The Balaban J connectivity index is 1.49. The Kier molecular flexibility index (Phi) is 8.47. The number of pyridine rings is 1. The molecule has 2 fully saturated rings. The van der Waals surface area contributed by atoms with Crippen LogP contribution in [0.1, 0.15) is 49.7 Å². The number of carbonyl (C=O) groups excluding carboxylic acids is 2. The SMILES string of the molecule is O=C1NCCCCCCN(Cc2ccncc2)[C@@H]2CN(C(=O)CCc3ccccc3)CC[C@@H]12. The van der Waals surface area contributed by atoms with Crippen molar-refractivity contribution in [1.82, 2.24) is 20.1 Å². The van der Waals surface area contributed by atoms with Crippen molar-refractivity contribution in [2.24, 2.45) is 5.92 Å². The lowest BCUT2D eigenvalue weighted by Gasteiger charge is -2.43. The van der Waals surface area contributed by atoms with Crippen LogP contribution in [-0.4, -0.2) is 58.8 Å². The van der Waals surface area contributed by atoms with Gasteiger partial charge in [0.15, 0.2) is 0 Å². The fourth-order valence-corrected chi connectivity index (χ4v) is 5.11. The van der Waals surface area contributed by atoms with Crippen LogP contribution < -0.4 is 5.32 Å². The zero-order valence-electron chi connectivity index (χ0n) is 19.5. The molecule has 0 radical (unpaired) electrons. The lowest BCUT2D eigenvalue weighted by molar-refractivity contribution is -0.139. The molecule has 1 N–H and O–H groups in total. The van der Waals surface area contributed by atoms with Gasteiger partial charge in [-0.25, -0.2) is 0 Å². The van der Waals surface area contributed by atoms with Gasteiger partial charge in [-0.2, -0.15) is 0 Å². The second-order valence-electron chi connectivity index (χ2n) is 9.32. The summed E-state index contributed by atoms with van der Waals surface area (Å²) in [4.78, 5) is 34.8. The maximum atomic E-state index is 13.1. The van der Waals surface area contributed by atoms with Crippen molar-refractivity contribution in [3.8, 4) is 0 Å². The number of likely N-dealkylation sites (tertiary alicyclic amines) is 1. The van der Waals surface area contributed by atoms with Gasteiger partial charge in [-0.15, -0.1) is 0 Å². The molecule has 2 saturated heterocycles. The number of nitrogens with one attached hydrogen (secondary N) is 1. The Morgan fingerprint density at radius 3 is 2.58 bits per heavy atom. The number of aryl methyl sites for hydroxylation is 1. The minimum Gasteiger partial charge on any atom is -0.356 e. The van der Waals surface area contributed by atoms with Gasteiger partial charge < -0.3 is 10.2 Å². The summed E-state index contributed by atoms with van der Waals surface area (Å²) in [5.74, 6) is 0.261. The smallest absolute Gasteiger partial charge is 0.224 e. The van der Waals surface area contributed by atoms with Gasteiger partial charge in [-0.05, 0) is 55.5 Å². The molecular formula is C27H36N4O2. The normalized spacial score (nSPS) is 22.7. The predicted molar refractivity (Wildman–Crippen MR) is 129 cm³/mol. The topological polar surface area (TPSA) is 65.5 Å². The molecule has 4 rings (SSSR count). The van der Waals surface area contributed by atoms with Gasteiger partial charge >= 0.3 is 0 Å². The summed E-state index contributed by atoms with van der Waals surface area (Å²) in [5.41, 5.74) is 2.39. The first-order valence-electron chi connectivity index (χ1n) is 12.4. The third-order valence-electron chi connectivity index (χ3n) is 7.02. The van der Waals surface area contributed by atoms with Crippen LogP contribution in [0.2, 0.25) is 0 Å². The van der Waals surface area contributed by atoms with E-state index in [0.29, 0.717) is 19.5 Å². The highest BCUT2D eigenvalue weighted by Gasteiger charge is 2.38. The Morgan fingerprint density at radius 1 is 0.970 bits per heavy atom. The van der Waals surface area contributed by atoms with Gasteiger partial charge in [0.2, 0.25) is 11.8 Å². The van der Waals surface area contributed by atoms with Gasteiger partial charge in [0.25, 0.3) is 0 Å². The van der Waals surface area contributed by atoms with E-state index in [1.165, 1.54) is 17.5 Å². The maximum Gasteiger partial charge on any atom is 0.224 e. The van der Waals surface area contributed by atoms with Gasteiger partial charge in [0.1, 0.15) is 0 Å². The molecular weight excluding hydrogens is 412 g/mol. The van der Waals surface area contributed by atoms with Crippen LogP contribution >= 0.6 is 0 Å². The summed E-state index contributed by atoms with van der Waals surface area (Å²) in [6.45, 7) is 3.76. The summed E-state index contributed by atoms with van der Waals surface area (Å²) in [7, 11) is 0. The van der Waals surface area contributed by atoms with Gasteiger partial charge in [-0.1, -0.05) is 43.2 Å². The zero-order chi connectivity index (χ0) is 22.9. The van der Waals surface area contributed by atoms with Crippen LogP contribution in [0.5, 0.6) is 0 Å². The number of amides is 2. The molecule has 1 aromatic carbocycles. The molecule has 0 saturated carbocycles. The fraction of sp³-hybridized carbons (Fsp3) is 0.519. The second-order valence-corrected chi connectivity index (χ2v) is 9.32. The summed E-state index contributed by atoms with van der Waals surface area (Å²) >= 11 is 0. The van der Waals surface area contributed by atoms with E-state index in [1.54, 1.807) is 0 Å². The first-order chi connectivity index (χ1) is 16.2. The largest absolute Gasteiger partial charge is 0.356 e. The summed E-state index contributed by atoms with van der Waals surface area (Å²) < 4.78 is 0. The fourth-order valence-electron chi connectivity index (χ4n) is 5.11. The van der Waals surface area contributed by atoms with Crippen molar-refractivity contribution in [3.05, 3.63) is 66.0 Å². The standard InChI is InChI=1S/C27H36N4O2/c32-26(11-10-22-8-4-3-5-9-22)31-19-14-24-25(21-31)30(20-23-12-16-28-17-13-23)18-7-2-1-6-15-29-27(24)33/h3-5,8-9,12-13,16-17,24-25H,1-2,6-7,10-11,14-15,18-21H2,(H,29,33)/t24-,25-/m1/s1. The second kappa shape index (κ2) is 11.9. The van der Waals surface area contributed by atoms with Crippen molar-refractivity contribution in [2.45, 2.75) is 57.5 Å². The average Bonchev–Trinajstić information content (AvgIpc) is 2.89. The van der Waals surface area contributed by atoms with Crippen LogP contribution in [0.3, 0.4) is 0 Å². The first-order valence-corrected chi connectivity index (χ1v) is 12.4. The van der Waals surface area contributed by atoms with E-state index >= 15 is 0 Å². The molecule has 0 aliphatic carbocycles. The molecule has 33 heavy (non-hydrogen) atoms. The van der Waals surface area contributed by atoms with E-state index in [0.717, 1.165) is 51.7 Å². The van der Waals surface area contributed by atoms with Crippen LogP contribution in [0.15, 0.2) is 54.9 Å². The van der Waals surface area contributed by atoms with E-state index in [1.807, 2.05) is 47.6 Å². The maximum absolute atomic E-state index is 13.1. The van der Waals surface area contributed by atoms with E-state index < -0.39 is 0 Å². The minimum atomic E-state index is -0.0805. The number of carbonyl (C=O) groups is 2. The Labute approximate surface area is 197 Å². The van der Waals surface area contributed by atoms with Crippen molar-refractivity contribution in [2.75, 3.05) is 26.2 Å². The third-order valence-corrected chi connectivity index (χ3v) is 7.02. The average molecular weight is 449 g/mol. The van der Waals surface area contributed by atoms with Crippen molar-refractivity contribution >= 4 is 11.8 Å². The number of piperidine rings is 1. The van der Waals surface area contributed by atoms with Crippen molar-refractivity contribution in [3.63, 3.8) is 0 Å². The molecule has 0 spiro atoms. The van der Waals surface area contributed by atoms with Crippen LogP contribution in [0, 0.1) is 5.92 Å². The number of nitrogens with zero attached hydrogens (tertiary/aromatic N) is 3. The predicted octanol–water partition coefficient (Wildman–Crippen LogP) is 3.42. The molecule has 0 bridgehead atoms. The van der Waals surface area contributed by atoms with Crippen LogP contribution in [0.25, 0.3) is 0 Å². The van der Waals surface area contributed by atoms with Gasteiger partial charge in [0, 0.05) is 51.0 Å². The third kappa shape index (κ3) is 6.64. The molecule has 1 aromatic heterocycles. The lowest BCUT2D eigenvalue weighted by Crippen LogP contribution is -2.57. The van der Waals surface area contributed by atoms with E-state index in [9.17, 15) is 9.59 Å². The lowest BCUT2D eigenvalue weighted by atomic mass is 9.88. The van der Waals surface area contributed by atoms with E-state index in [-0.39, 0.29) is 23.8 Å². The molecule has 3 heterocycles. The zero-order valence-corrected chi connectivity index (χ0v) is 19.5. The van der Waals surface area contributed by atoms with Crippen LogP contribution in [-0.2, 0) is 22.6 Å². The molecule has 2 amide bonds. The summed E-state index contributed by atoms with van der Waals surface area (Å²) in [6, 6.07) is 14.3. The molecule has 176 valence electrons. The first kappa shape index (κ1) is 23.4. The highest BCUT2D eigenvalue weighted by molar-refractivity contribution is 5.81. The molecule has 0 unspecified atom stereocenters. The Morgan fingerprint density at radius 2 is 1.76 bits per heavy atom. The number of rotatable bonds is 5. The molecule has 2 aromatic rings. The minimum absolute atomic E-state index is 0.0330. The molecule has 2 aliphatic rings.